The maximum atomic E-state index is 12.5. The Balaban J connectivity index is 1.60. The summed E-state index contributed by atoms with van der Waals surface area (Å²) in [5.41, 5.74) is -3.20. The molecule has 0 saturated carbocycles. The first-order chi connectivity index (χ1) is 13.6. The molecule has 0 radical (unpaired) electrons. The van der Waals surface area contributed by atoms with Crippen LogP contribution in [-0.2, 0) is 34.3 Å². The Morgan fingerprint density at radius 3 is 2.52 bits per heavy atom. The fourth-order valence-electron chi connectivity index (χ4n) is 3.01. The molecule has 0 heterocycles. The van der Waals surface area contributed by atoms with E-state index >= 15 is 0 Å². The molecule has 0 aromatic heterocycles. The molecule has 10 heteroatoms. The van der Waals surface area contributed by atoms with Crippen molar-refractivity contribution >= 4 is 16.2 Å². The van der Waals surface area contributed by atoms with Crippen LogP contribution in [0, 0.1) is 0 Å². The van der Waals surface area contributed by atoms with Crippen molar-refractivity contribution in [2.75, 3.05) is 0 Å². The largest absolute Gasteiger partial charge is 0.534 e. The van der Waals surface area contributed by atoms with Crippen LogP contribution in [0.4, 0.5) is 18.0 Å². The zero-order chi connectivity index (χ0) is 21.1. The number of aryl methyl sites for hydroxylation is 1. The molecule has 2 aromatic rings. The number of hydrogen-bond donors (Lipinski definition) is 1. The third-order valence-corrected chi connectivity index (χ3v) is 5.41. The highest BCUT2D eigenvalue weighted by molar-refractivity contribution is 7.88. The molecule has 0 saturated heterocycles. The van der Waals surface area contributed by atoms with Crippen molar-refractivity contribution in [1.82, 2.24) is 5.32 Å². The fourth-order valence-corrected chi connectivity index (χ4v) is 3.47. The van der Waals surface area contributed by atoms with Gasteiger partial charge in [0.15, 0.2) is 0 Å². The molecule has 0 spiro atoms. The monoisotopic (exact) mass is 429 g/mol. The number of rotatable bonds is 5. The first kappa shape index (κ1) is 21.0. The minimum atomic E-state index is -5.73. The Bertz CT molecular complexity index is 977. The van der Waals surface area contributed by atoms with Gasteiger partial charge in [0.1, 0.15) is 12.4 Å². The lowest BCUT2D eigenvalue weighted by atomic mass is 9.88. The zero-order valence-electron chi connectivity index (χ0n) is 15.1. The third-order valence-electron chi connectivity index (χ3n) is 4.43. The Morgan fingerprint density at radius 1 is 1.10 bits per heavy atom. The quantitative estimate of drug-likeness (QED) is 0.579. The van der Waals surface area contributed by atoms with Gasteiger partial charge in [0.2, 0.25) is 0 Å². The van der Waals surface area contributed by atoms with Crippen molar-refractivity contribution in [3.63, 3.8) is 0 Å². The van der Waals surface area contributed by atoms with E-state index in [1.54, 1.807) is 0 Å². The number of benzene rings is 2. The van der Waals surface area contributed by atoms with Gasteiger partial charge in [-0.1, -0.05) is 36.4 Å². The summed E-state index contributed by atoms with van der Waals surface area (Å²) in [7, 11) is -5.73. The van der Waals surface area contributed by atoms with Crippen LogP contribution < -0.4 is 9.50 Å². The van der Waals surface area contributed by atoms with Crippen molar-refractivity contribution in [2.45, 2.75) is 37.4 Å². The number of alkyl carbamates (subject to hydrolysis) is 1. The second-order valence-electron chi connectivity index (χ2n) is 6.56. The molecule has 1 atom stereocenters. The predicted octanol–water partition coefficient (Wildman–Crippen LogP) is 3.70. The highest BCUT2D eigenvalue weighted by Crippen LogP contribution is 2.30. The zero-order valence-corrected chi connectivity index (χ0v) is 15.9. The highest BCUT2D eigenvalue weighted by atomic mass is 32.2. The third kappa shape index (κ3) is 5.41. The predicted molar refractivity (Wildman–Crippen MR) is 97.6 cm³/mol. The summed E-state index contributed by atoms with van der Waals surface area (Å²) >= 11 is 0. The number of fused-ring (bicyclic) bond motifs is 1. The van der Waals surface area contributed by atoms with Crippen molar-refractivity contribution in [2.24, 2.45) is 0 Å². The number of alkyl halides is 3. The number of halogens is 3. The van der Waals surface area contributed by atoms with Gasteiger partial charge >= 0.3 is 21.7 Å². The van der Waals surface area contributed by atoms with Gasteiger partial charge in [-0.3, -0.25) is 0 Å². The summed E-state index contributed by atoms with van der Waals surface area (Å²) in [5, 5.41) is 2.72. The Hall–Kier alpha value is -2.75. The van der Waals surface area contributed by atoms with Crippen molar-refractivity contribution in [3.05, 3.63) is 65.2 Å². The lowest BCUT2D eigenvalue weighted by molar-refractivity contribution is -0.0500. The van der Waals surface area contributed by atoms with Crippen molar-refractivity contribution < 1.29 is 35.3 Å². The lowest BCUT2D eigenvalue weighted by Gasteiger charge is -2.25. The van der Waals surface area contributed by atoms with E-state index < -0.39 is 27.5 Å². The molecule has 6 nitrogen and oxygen atoms in total. The highest BCUT2D eigenvalue weighted by Gasteiger charge is 2.48. The van der Waals surface area contributed by atoms with Crippen LogP contribution in [0.3, 0.4) is 0 Å². The molecule has 3 rings (SSSR count). The van der Waals surface area contributed by atoms with Gasteiger partial charge in [-0.05, 0) is 48.1 Å². The molecule has 0 bridgehead atoms. The summed E-state index contributed by atoms with van der Waals surface area (Å²) < 4.78 is 69.1. The summed E-state index contributed by atoms with van der Waals surface area (Å²) in [5.74, 6) is -0.423. The van der Waals surface area contributed by atoms with Crippen LogP contribution in [0.15, 0.2) is 48.5 Å². The number of ether oxygens (including phenoxy) is 1. The molecule has 0 aliphatic heterocycles. The smallest absolute Gasteiger partial charge is 0.445 e. The van der Waals surface area contributed by atoms with E-state index in [0.29, 0.717) is 24.8 Å². The Kier molecular flexibility index (Phi) is 6.02. The Labute approximate surface area is 165 Å². The van der Waals surface area contributed by atoms with Gasteiger partial charge in [-0.15, -0.1) is 0 Å². The van der Waals surface area contributed by atoms with Crippen LogP contribution in [0.5, 0.6) is 5.75 Å². The van der Waals surface area contributed by atoms with E-state index in [1.807, 2.05) is 30.3 Å². The number of amides is 1. The molecule has 1 N–H and O–H groups in total. The molecule has 0 fully saturated rings. The van der Waals surface area contributed by atoms with Gasteiger partial charge in [0.05, 0.1) is 0 Å². The van der Waals surface area contributed by atoms with Crippen LogP contribution >= 0.6 is 0 Å². The van der Waals surface area contributed by atoms with Gasteiger partial charge < -0.3 is 14.2 Å². The second kappa shape index (κ2) is 8.32. The summed E-state index contributed by atoms with van der Waals surface area (Å²) in [4.78, 5) is 12.0. The average Bonchev–Trinajstić information content (AvgIpc) is 2.66. The van der Waals surface area contributed by atoms with Gasteiger partial charge in [0, 0.05) is 6.04 Å². The van der Waals surface area contributed by atoms with Crippen LogP contribution in [0.1, 0.15) is 23.1 Å². The number of hydrogen-bond acceptors (Lipinski definition) is 5. The van der Waals surface area contributed by atoms with E-state index in [9.17, 15) is 26.4 Å². The standard InChI is InChI=1S/C19H18F3NO5S/c20-19(21,22)29(25,26)28-17-9-7-14-6-8-16(10-15(14)11-17)23-18(24)27-12-13-4-2-1-3-5-13/h1-5,7,9,11,16H,6,8,10,12H2,(H,23,24). The molecule has 1 amide bonds. The van der Waals surface area contributed by atoms with Crippen LogP contribution in [-0.4, -0.2) is 26.1 Å². The molecule has 1 aliphatic carbocycles. The SMILES string of the molecule is O=C(NC1CCc2ccc(OS(=O)(=O)C(F)(F)F)cc2C1)OCc1ccccc1. The molecule has 1 aliphatic rings. The molecule has 156 valence electrons. The molecular formula is C19H18F3NO5S. The van der Waals surface area contributed by atoms with E-state index in [1.165, 1.54) is 18.2 Å². The normalized spacial score (nSPS) is 16.6. The Morgan fingerprint density at radius 2 is 1.83 bits per heavy atom. The van der Waals surface area contributed by atoms with Crippen molar-refractivity contribution in [1.29, 1.82) is 0 Å². The summed E-state index contributed by atoms with van der Waals surface area (Å²) in [6.45, 7) is 0.114. The number of nitrogens with one attached hydrogen (secondary N) is 1. The van der Waals surface area contributed by atoms with Gasteiger partial charge in [-0.2, -0.15) is 21.6 Å². The van der Waals surface area contributed by atoms with E-state index in [0.717, 1.165) is 11.1 Å². The molecule has 1 unspecified atom stereocenters. The maximum Gasteiger partial charge on any atom is 0.534 e. The second-order valence-corrected chi connectivity index (χ2v) is 8.10. The summed E-state index contributed by atoms with van der Waals surface area (Å²) in [6, 6.07) is 12.8. The molecule has 29 heavy (non-hydrogen) atoms. The minimum absolute atomic E-state index is 0.114. The first-order valence-electron chi connectivity index (χ1n) is 8.74. The number of carbonyl (C=O) groups is 1. The molecular weight excluding hydrogens is 411 g/mol. The summed E-state index contributed by atoms with van der Waals surface area (Å²) in [6.07, 6.45) is 0.910. The first-order valence-corrected chi connectivity index (χ1v) is 10.1. The number of carbonyl (C=O) groups excluding carboxylic acids is 1. The van der Waals surface area contributed by atoms with Gasteiger partial charge in [0.25, 0.3) is 0 Å². The van der Waals surface area contributed by atoms with Crippen molar-refractivity contribution in [3.8, 4) is 5.75 Å². The van der Waals surface area contributed by atoms with Gasteiger partial charge in [-0.25, -0.2) is 4.79 Å². The van der Waals surface area contributed by atoms with E-state index in [2.05, 4.69) is 9.50 Å². The van der Waals surface area contributed by atoms with Crippen LogP contribution in [0.25, 0.3) is 0 Å². The van der Waals surface area contributed by atoms with Crippen LogP contribution in [0.2, 0.25) is 0 Å². The lowest BCUT2D eigenvalue weighted by Crippen LogP contribution is -2.39. The fraction of sp³-hybridized carbons (Fsp3) is 0.316. The van der Waals surface area contributed by atoms with E-state index in [4.69, 9.17) is 4.74 Å². The molecule has 2 aromatic carbocycles. The topological polar surface area (TPSA) is 81.7 Å². The minimum Gasteiger partial charge on any atom is -0.445 e. The average molecular weight is 429 g/mol. The maximum absolute atomic E-state index is 12.5. The van der Waals surface area contributed by atoms with E-state index in [-0.39, 0.29) is 12.6 Å².